The SMILES string of the molecule is Cc1ccnc2nc(C(=O)Nc3cc(Cl)ccc3-n3cccn3)nn12. The lowest BCUT2D eigenvalue weighted by molar-refractivity contribution is 0.101. The fraction of sp³-hybridized carbons (Fsp3) is 0.0625. The van der Waals surface area contributed by atoms with Gasteiger partial charge >= 0.3 is 0 Å². The summed E-state index contributed by atoms with van der Waals surface area (Å²) in [5.74, 6) is -0.0719. The number of carbonyl (C=O) groups is 1. The van der Waals surface area contributed by atoms with E-state index in [4.69, 9.17) is 11.6 Å². The van der Waals surface area contributed by atoms with Crippen LogP contribution in [0.5, 0.6) is 0 Å². The quantitative estimate of drug-likeness (QED) is 0.611. The Morgan fingerprint density at radius 1 is 1.24 bits per heavy atom. The summed E-state index contributed by atoms with van der Waals surface area (Å²) in [5, 5.41) is 11.7. The molecule has 3 heterocycles. The van der Waals surface area contributed by atoms with Crippen LogP contribution in [-0.2, 0) is 0 Å². The molecular weight excluding hydrogens is 342 g/mol. The number of anilines is 1. The van der Waals surface area contributed by atoms with Crippen molar-refractivity contribution in [3.63, 3.8) is 0 Å². The largest absolute Gasteiger partial charge is 0.317 e. The molecule has 0 bridgehead atoms. The van der Waals surface area contributed by atoms with E-state index in [0.29, 0.717) is 22.2 Å². The van der Waals surface area contributed by atoms with E-state index in [-0.39, 0.29) is 5.82 Å². The number of rotatable bonds is 3. The van der Waals surface area contributed by atoms with Crippen LogP contribution < -0.4 is 5.32 Å². The maximum atomic E-state index is 12.6. The van der Waals surface area contributed by atoms with Crippen LogP contribution in [0.15, 0.2) is 48.9 Å². The monoisotopic (exact) mass is 353 g/mol. The zero-order valence-electron chi connectivity index (χ0n) is 13.1. The molecule has 1 N–H and O–H groups in total. The van der Waals surface area contributed by atoms with Crippen molar-refractivity contribution >= 4 is 29.0 Å². The third kappa shape index (κ3) is 2.83. The molecule has 0 aliphatic carbocycles. The Hall–Kier alpha value is -3.26. The van der Waals surface area contributed by atoms with Crippen molar-refractivity contribution in [1.82, 2.24) is 29.4 Å². The van der Waals surface area contributed by atoms with Crippen molar-refractivity contribution in [3.8, 4) is 5.69 Å². The van der Waals surface area contributed by atoms with Gasteiger partial charge in [0.25, 0.3) is 11.7 Å². The first-order valence-electron chi connectivity index (χ1n) is 7.41. The van der Waals surface area contributed by atoms with E-state index in [2.05, 4.69) is 25.5 Å². The molecular formula is C16H12ClN7O. The zero-order chi connectivity index (χ0) is 17.4. The highest BCUT2D eigenvalue weighted by molar-refractivity contribution is 6.31. The van der Waals surface area contributed by atoms with Crippen molar-refractivity contribution in [1.29, 1.82) is 0 Å². The molecule has 0 atom stereocenters. The van der Waals surface area contributed by atoms with Crippen molar-refractivity contribution in [2.75, 3.05) is 5.32 Å². The van der Waals surface area contributed by atoms with E-state index in [1.165, 1.54) is 4.52 Å². The molecule has 0 aliphatic heterocycles. The van der Waals surface area contributed by atoms with Crippen molar-refractivity contribution < 1.29 is 4.79 Å². The fourth-order valence-corrected chi connectivity index (χ4v) is 2.57. The Morgan fingerprint density at radius 2 is 2.12 bits per heavy atom. The van der Waals surface area contributed by atoms with Crippen LogP contribution in [0, 0.1) is 6.92 Å². The summed E-state index contributed by atoms with van der Waals surface area (Å²) in [6.45, 7) is 1.86. The number of nitrogens with zero attached hydrogens (tertiary/aromatic N) is 6. The Kier molecular flexibility index (Phi) is 3.66. The lowest BCUT2D eigenvalue weighted by Crippen LogP contribution is -2.16. The molecule has 4 aromatic rings. The Labute approximate surface area is 147 Å². The molecule has 8 nitrogen and oxygen atoms in total. The van der Waals surface area contributed by atoms with Gasteiger partial charge < -0.3 is 5.32 Å². The van der Waals surface area contributed by atoms with Crippen molar-refractivity contribution in [2.24, 2.45) is 0 Å². The van der Waals surface area contributed by atoms with Gasteiger partial charge in [0.1, 0.15) is 0 Å². The van der Waals surface area contributed by atoms with E-state index < -0.39 is 5.91 Å². The lowest BCUT2D eigenvalue weighted by Gasteiger charge is -2.10. The summed E-state index contributed by atoms with van der Waals surface area (Å²) in [7, 11) is 0. The summed E-state index contributed by atoms with van der Waals surface area (Å²) in [6.07, 6.45) is 5.04. The summed E-state index contributed by atoms with van der Waals surface area (Å²) < 4.78 is 3.15. The van der Waals surface area contributed by atoms with Crippen molar-refractivity contribution in [2.45, 2.75) is 6.92 Å². The number of carbonyl (C=O) groups excluding carboxylic acids is 1. The number of halogens is 1. The molecule has 0 spiro atoms. The van der Waals surface area contributed by atoms with Gasteiger partial charge in [-0.2, -0.15) is 10.1 Å². The average molecular weight is 354 g/mol. The van der Waals surface area contributed by atoms with Gasteiger partial charge in [-0.3, -0.25) is 4.79 Å². The average Bonchev–Trinajstić information content (AvgIpc) is 3.25. The van der Waals surface area contributed by atoms with Crippen LogP contribution in [0.4, 0.5) is 5.69 Å². The molecule has 9 heteroatoms. The van der Waals surface area contributed by atoms with Gasteiger partial charge in [0.2, 0.25) is 5.82 Å². The highest BCUT2D eigenvalue weighted by atomic mass is 35.5. The van der Waals surface area contributed by atoms with Crippen LogP contribution in [0.2, 0.25) is 5.02 Å². The third-order valence-electron chi connectivity index (χ3n) is 3.59. The van der Waals surface area contributed by atoms with Gasteiger partial charge in [-0.1, -0.05) is 11.6 Å². The topological polar surface area (TPSA) is 90.0 Å². The maximum absolute atomic E-state index is 12.6. The number of aromatic nitrogens is 6. The fourth-order valence-electron chi connectivity index (χ4n) is 2.40. The molecule has 0 saturated carbocycles. The molecule has 25 heavy (non-hydrogen) atoms. The molecule has 0 aliphatic rings. The Morgan fingerprint density at radius 3 is 2.88 bits per heavy atom. The molecule has 0 saturated heterocycles. The van der Waals surface area contributed by atoms with Gasteiger partial charge in [-0.25, -0.2) is 14.2 Å². The first-order chi connectivity index (χ1) is 12.1. The second kappa shape index (κ2) is 5.99. The summed E-state index contributed by atoms with van der Waals surface area (Å²) in [5.41, 5.74) is 2.02. The molecule has 3 aromatic heterocycles. The minimum Gasteiger partial charge on any atom is -0.317 e. The first-order valence-corrected chi connectivity index (χ1v) is 7.79. The van der Waals surface area contributed by atoms with Crippen LogP contribution in [0.25, 0.3) is 11.5 Å². The predicted molar refractivity (Wildman–Crippen MR) is 92.0 cm³/mol. The standard InChI is InChI=1S/C16H12ClN7O/c1-10-5-7-18-16-21-14(22-24(10)16)15(25)20-12-9-11(17)3-4-13(12)23-8-2-6-19-23/h2-9H,1H3,(H,20,25). The van der Waals surface area contributed by atoms with Gasteiger partial charge in [0.15, 0.2) is 0 Å². The lowest BCUT2D eigenvalue weighted by atomic mass is 10.2. The smallest absolute Gasteiger partial charge is 0.295 e. The van der Waals surface area contributed by atoms with Gasteiger partial charge in [0.05, 0.1) is 11.4 Å². The molecule has 0 unspecified atom stereocenters. The highest BCUT2D eigenvalue weighted by Crippen LogP contribution is 2.24. The summed E-state index contributed by atoms with van der Waals surface area (Å²) in [4.78, 5) is 20.8. The van der Waals surface area contributed by atoms with Gasteiger partial charge in [0, 0.05) is 29.3 Å². The minimum absolute atomic E-state index is 0.0215. The van der Waals surface area contributed by atoms with Crippen molar-refractivity contribution in [3.05, 3.63) is 65.5 Å². The summed E-state index contributed by atoms with van der Waals surface area (Å²) in [6, 6.07) is 8.72. The normalized spacial score (nSPS) is 11.0. The van der Waals surface area contributed by atoms with Gasteiger partial charge in [-0.15, -0.1) is 5.10 Å². The minimum atomic E-state index is -0.458. The van der Waals surface area contributed by atoms with E-state index in [0.717, 1.165) is 5.69 Å². The van der Waals surface area contributed by atoms with Crippen LogP contribution >= 0.6 is 11.6 Å². The Balaban J connectivity index is 1.70. The number of fused-ring (bicyclic) bond motifs is 1. The molecule has 1 amide bonds. The number of benzene rings is 1. The zero-order valence-corrected chi connectivity index (χ0v) is 13.8. The number of amides is 1. The molecule has 0 fully saturated rings. The third-order valence-corrected chi connectivity index (χ3v) is 3.83. The predicted octanol–water partition coefficient (Wildman–Crippen LogP) is 2.52. The number of hydrogen-bond donors (Lipinski definition) is 1. The second-order valence-corrected chi connectivity index (χ2v) is 5.74. The second-order valence-electron chi connectivity index (χ2n) is 5.30. The number of nitrogens with one attached hydrogen (secondary N) is 1. The number of hydrogen-bond acceptors (Lipinski definition) is 5. The van der Waals surface area contributed by atoms with E-state index in [9.17, 15) is 4.79 Å². The van der Waals surface area contributed by atoms with Crippen LogP contribution in [0.3, 0.4) is 0 Å². The van der Waals surface area contributed by atoms with E-state index in [1.807, 2.05) is 6.92 Å². The first kappa shape index (κ1) is 15.3. The maximum Gasteiger partial charge on any atom is 0.295 e. The highest BCUT2D eigenvalue weighted by Gasteiger charge is 2.17. The molecule has 0 radical (unpaired) electrons. The summed E-state index contributed by atoms with van der Waals surface area (Å²) >= 11 is 6.07. The molecule has 4 rings (SSSR count). The number of aryl methyl sites for hydroxylation is 1. The molecule has 124 valence electrons. The van der Waals surface area contributed by atoms with Crippen LogP contribution in [-0.4, -0.2) is 35.3 Å². The Bertz CT molecular complexity index is 1070. The van der Waals surface area contributed by atoms with E-state index in [1.54, 1.807) is 53.6 Å². The van der Waals surface area contributed by atoms with Crippen LogP contribution in [0.1, 0.15) is 16.3 Å². The van der Waals surface area contributed by atoms with E-state index >= 15 is 0 Å². The molecule has 1 aromatic carbocycles. The van der Waals surface area contributed by atoms with Gasteiger partial charge in [-0.05, 0) is 37.3 Å².